The van der Waals surface area contributed by atoms with Gasteiger partial charge in [0.1, 0.15) is 0 Å². The van der Waals surface area contributed by atoms with E-state index in [1.54, 1.807) is 18.2 Å². The third-order valence-electron chi connectivity index (χ3n) is 5.37. The van der Waals surface area contributed by atoms with Crippen LogP contribution < -0.4 is 9.47 Å². The Labute approximate surface area is 149 Å². The maximum absolute atomic E-state index is 12.5. The molecule has 3 rings (SSSR count). The summed E-state index contributed by atoms with van der Waals surface area (Å²) in [6.07, 6.45) is 6.34. The first-order valence-corrected chi connectivity index (χ1v) is 9.28. The smallest absolute Gasteiger partial charge is 0.260 e. The summed E-state index contributed by atoms with van der Waals surface area (Å²) in [4.78, 5) is 14.5. The van der Waals surface area contributed by atoms with E-state index in [9.17, 15) is 4.79 Å². The number of likely N-dealkylation sites (tertiary alicyclic amines) is 1. The van der Waals surface area contributed by atoms with Gasteiger partial charge in [0.25, 0.3) is 5.91 Å². The van der Waals surface area contributed by atoms with Gasteiger partial charge in [0.15, 0.2) is 18.1 Å². The van der Waals surface area contributed by atoms with Crippen molar-refractivity contribution in [1.82, 2.24) is 4.90 Å². The number of fused-ring (bicyclic) bond motifs is 1. The van der Waals surface area contributed by atoms with Crippen LogP contribution in [0.2, 0.25) is 0 Å². The molecule has 1 saturated heterocycles. The first kappa shape index (κ1) is 17.6. The van der Waals surface area contributed by atoms with Gasteiger partial charge in [-0.3, -0.25) is 4.79 Å². The van der Waals surface area contributed by atoms with E-state index < -0.39 is 0 Å². The highest BCUT2D eigenvalue weighted by molar-refractivity contribution is 5.78. The second-order valence-electron chi connectivity index (χ2n) is 6.93. The third-order valence-corrected chi connectivity index (χ3v) is 5.37. The molecule has 2 atom stereocenters. The van der Waals surface area contributed by atoms with Crippen LogP contribution in [0.4, 0.5) is 0 Å². The number of carbonyl (C=O) groups is 1. The van der Waals surface area contributed by atoms with E-state index in [0.29, 0.717) is 29.6 Å². The van der Waals surface area contributed by atoms with Gasteiger partial charge in [-0.2, -0.15) is 5.26 Å². The summed E-state index contributed by atoms with van der Waals surface area (Å²) in [5, 5.41) is 9.00. The minimum absolute atomic E-state index is 0.0172. The molecule has 2 aliphatic rings. The Morgan fingerprint density at radius 1 is 1.20 bits per heavy atom. The molecule has 1 aliphatic carbocycles. The van der Waals surface area contributed by atoms with Crippen LogP contribution in [0.3, 0.4) is 0 Å². The Bertz CT molecular complexity index is 653. The van der Waals surface area contributed by atoms with Crippen molar-refractivity contribution in [3.63, 3.8) is 0 Å². The fraction of sp³-hybridized carbons (Fsp3) is 0.600. The SMILES string of the molecule is CCOc1cc(C#N)ccc1OCC(=O)N1CC[C@H]2CCCC[C@@H]2C1. The zero-order chi connectivity index (χ0) is 17.6. The molecule has 1 aromatic carbocycles. The van der Waals surface area contributed by atoms with Gasteiger partial charge >= 0.3 is 0 Å². The number of hydrogen-bond acceptors (Lipinski definition) is 4. The van der Waals surface area contributed by atoms with Gasteiger partial charge in [0, 0.05) is 19.2 Å². The maximum Gasteiger partial charge on any atom is 0.260 e. The average molecular weight is 342 g/mol. The van der Waals surface area contributed by atoms with Gasteiger partial charge in [-0.25, -0.2) is 0 Å². The number of hydrogen-bond donors (Lipinski definition) is 0. The molecule has 2 fully saturated rings. The Balaban J connectivity index is 1.58. The van der Waals surface area contributed by atoms with Crippen LogP contribution in [0.25, 0.3) is 0 Å². The maximum atomic E-state index is 12.5. The van der Waals surface area contributed by atoms with Crippen LogP contribution in [0.5, 0.6) is 11.5 Å². The van der Waals surface area contributed by atoms with Gasteiger partial charge < -0.3 is 14.4 Å². The average Bonchev–Trinajstić information content (AvgIpc) is 2.66. The minimum Gasteiger partial charge on any atom is -0.490 e. The largest absolute Gasteiger partial charge is 0.490 e. The van der Waals surface area contributed by atoms with E-state index in [1.165, 1.54) is 25.7 Å². The lowest BCUT2D eigenvalue weighted by Crippen LogP contribution is -2.46. The highest BCUT2D eigenvalue weighted by atomic mass is 16.5. The molecule has 5 nitrogen and oxygen atoms in total. The monoisotopic (exact) mass is 342 g/mol. The third kappa shape index (κ3) is 4.25. The van der Waals surface area contributed by atoms with E-state index in [4.69, 9.17) is 14.7 Å². The molecule has 0 bridgehead atoms. The number of benzene rings is 1. The van der Waals surface area contributed by atoms with Crippen LogP contribution in [-0.2, 0) is 4.79 Å². The standard InChI is InChI=1S/C20H26N2O3/c1-2-24-19-11-15(12-21)7-8-18(19)25-14-20(23)22-10-9-16-5-3-4-6-17(16)13-22/h7-8,11,16-17H,2-6,9-10,13-14H2,1H3/t16-,17-/m1/s1. The number of amides is 1. The molecule has 0 unspecified atom stereocenters. The predicted molar refractivity (Wildman–Crippen MR) is 94.5 cm³/mol. The molecule has 0 spiro atoms. The molecule has 25 heavy (non-hydrogen) atoms. The Morgan fingerprint density at radius 2 is 2.00 bits per heavy atom. The van der Waals surface area contributed by atoms with Gasteiger partial charge in [0.2, 0.25) is 0 Å². The molecule has 0 radical (unpaired) electrons. The van der Waals surface area contributed by atoms with E-state index >= 15 is 0 Å². The Kier molecular flexibility index (Phi) is 5.80. The number of piperidine rings is 1. The highest BCUT2D eigenvalue weighted by Crippen LogP contribution is 2.36. The molecule has 134 valence electrons. The van der Waals surface area contributed by atoms with Gasteiger partial charge in [-0.1, -0.05) is 19.3 Å². The summed E-state index contributed by atoms with van der Waals surface area (Å²) in [5.74, 6) is 2.54. The molecule has 1 saturated carbocycles. The van der Waals surface area contributed by atoms with Crippen molar-refractivity contribution in [2.24, 2.45) is 11.8 Å². The summed E-state index contributed by atoms with van der Waals surface area (Å²) < 4.78 is 11.2. The van der Waals surface area contributed by atoms with E-state index in [1.807, 2.05) is 11.8 Å². The molecule has 5 heteroatoms. The Morgan fingerprint density at radius 3 is 2.76 bits per heavy atom. The summed E-state index contributed by atoms with van der Waals surface area (Å²) in [6, 6.07) is 7.11. The van der Waals surface area contributed by atoms with Crippen LogP contribution in [0, 0.1) is 23.2 Å². The fourth-order valence-electron chi connectivity index (χ4n) is 4.02. The molecule has 1 aromatic rings. The summed E-state index contributed by atoms with van der Waals surface area (Å²) in [6.45, 7) is 4.09. The van der Waals surface area contributed by atoms with E-state index in [2.05, 4.69) is 6.07 Å². The fourth-order valence-corrected chi connectivity index (χ4v) is 4.02. The second kappa shape index (κ2) is 8.24. The molecule has 1 heterocycles. The first-order chi connectivity index (χ1) is 12.2. The molecular weight excluding hydrogens is 316 g/mol. The highest BCUT2D eigenvalue weighted by Gasteiger charge is 2.32. The molecule has 0 aromatic heterocycles. The molecular formula is C20H26N2O3. The van der Waals surface area contributed by atoms with Crippen molar-refractivity contribution in [3.8, 4) is 17.6 Å². The van der Waals surface area contributed by atoms with Crippen molar-refractivity contribution >= 4 is 5.91 Å². The van der Waals surface area contributed by atoms with E-state index in [0.717, 1.165) is 25.4 Å². The second-order valence-corrected chi connectivity index (χ2v) is 6.93. The number of ether oxygens (including phenoxy) is 2. The Hall–Kier alpha value is -2.22. The normalized spacial score (nSPS) is 22.6. The number of nitrogens with zero attached hydrogens (tertiary/aromatic N) is 2. The van der Waals surface area contributed by atoms with Crippen molar-refractivity contribution in [3.05, 3.63) is 23.8 Å². The van der Waals surface area contributed by atoms with Crippen molar-refractivity contribution in [2.75, 3.05) is 26.3 Å². The first-order valence-electron chi connectivity index (χ1n) is 9.28. The van der Waals surface area contributed by atoms with E-state index in [-0.39, 0.29) is 12.5 Å². The van der Waals surface area contributed by atoms with Crippen LogP contribution in [0.1, 0.15) is 44.6 Å². The summed E-state index contributed by atoms with van der Waals surface area (Å²) in [7, 11) is 0. The lowest BCUT2D eigenvalue weighted by atomic mass is 9.75. The van der Waals surface area contributed by atoms with Gasteiger partial charge in [0.05, 0.1) is 18.2 Å². The van der Waals surface area contributed by atoms with Gasteiger partial charge in [-0.15, -0.1) is 0 Å². The number of nitriles is 1. The zero-order valence-electron chi connectivity index (χ0n) is 14.9. The lowest BCUT2D eigenvalue weighted by Gasteiger charge is -2.41. The summed E-state index contributed by atoms with van der Waals surface area (Å²) in [5.41, 5.74) is 0.515. The zero-order valence-corrected chi connectivity index (χ0v) is 14.9. The topological polar surface area (TPSA) is 62.6 Å². The molecule has 1 aliphatic heterocycles. The van der Waals surface area contributed by atoms with Crippen LogP contribution >= 0.6 is 0 Å². The lowest BCUT2D eigenvalue weighted by molar-refractivity contribution is -0.136. The minimum atomic E-state index is 0.0172. The van der Waals surface area contributed by atoms with Crippen molar-refractivity contribution < 1.29 is 14.3 Å². The van der Waals surface area contributed by atoms with Crippen LogP contribution in [-0.4, -0.2) is 37.1 Å². The molecule has 0 N–H and O–H groups in total. The quantitative estimate of drug-likeness (QED) is 0.823. The van der Waals surface area contributed by atoms with Crippen LogP contribution in [0.15, 0.2) is 18.2 Å². The molecule has 1 amide bonds. The predicted octanol–water partition coefficient (Wildman–Crippen LogP) is 3.37. The number of rotatable bonds is 5. The van der Waals surface area contributed by atoms with Crippen molar-refractivity contribution in [2.45, 2.75) is 39.0 Å². The van der Waals surface area contributed by atoms with Gasteiger partial charge in [-0.05, 0) is 43.7 Å². The summed E-state index contributed by atoms with van der Waals surface area (Å²) >= 11 is 0. The van der Waals surface area contributed by atoms with Crippen molar-refractivity contribution in [1.29, 1.82) is 5.26 Å². The number of carbonyl (C=O) groups excluding carboxylic acids is 1.